The van der Waals surface area contributed by atoms with E-state index in [1.54, 1.807) is 14.2 Å². The van der Waals surface area contributed by atoms with Gasteiger partial charge < -0.3 is 19.5 Å². The zero-order chi connectivity index (χ0) is 19.9. The van der Waals surface area contributed by atoms with Gasteiger partial charge in [-0.3, -0.25) is 0 Å². The van der Waals surface area contributed by atoms with Crippen molar-refractivity contribution >= 4 is 11.8 Å². The predicted molar refractivity (Wildman–Crippen MR) is 117 cm³/mol. The first-order valence-electron chi connectivity index (χ1n) is 9.97. The zero-order valence-electron chi connectivity index (χ0n) is 17.2. The van der Waals surface area contributed by atoms with Crippen molar-refractivity contribution in [3.63, 3.8) is 0 Å². The highest BCUT2D eigenvalue weighted by molar-refractivity contribution is 7.99. The minimum atomic E-state index is 0.314. The Morgan fingerprint density at radius 3 is 2.54 bits per heavy atom. The number of ether oxygens (including phenoxy) is 3. The van der Waals surface area contributed by atoms with Crippen LogP contribution in [0.4, 0.5) is 0 Å². The van der Waals surface area contributed by atoms with Crippen molar-refractivity contribution in [2.75, 3.05) is 26.6 Å². The number of hydrogen-bond donors (Lipinski definition) is 1. The molecule has 1 aliphatic rings. The van der Waals surface area contributed by atoms with Crippen LogP contribution >= 0.6 is 11.8 Å². The molecule has 3 atom stereocenters. The number of nitrogens with one attached hydrogen (secondary N) is 1. The molecule has 2 aromatic carbocycles. The molecule has 0 saturated carbocycles. The van der Waals surface area contributed by atoms with Crippen LogP contribution in [0.1, 0.15) is 49.1 Å². The molecule has 0 radical (unpaired) electrons. The monoisotopic (exact) mass is 401 g/mol. The molecule has 1 N–H and O–H groups in total. The van der Waals surface area contributed by atoms with Gasteiger partial charge in [0.2, 0.25) is 0 Å². The van der Waals surface area contributed by atoms with Crippen molar-refractivity contribution in [3.05, 3.63) is 53.6 Å². The van der Waals surface area contributed by atoms with Gasteiger partial charge in [-0.05, 0) is 67.8 Å². The SMILES string of the molecule is CCOc1cc(C2CC(N[C@H](C)c3ccc(OC)cc3)CCS2)ccc1OC. The summed E-state index contributed by atoms with van der Waals surface area (Å²) in [6, 6.07) is 15.5. The van der Waals surface area contributed by atoms with Crippen molar-refractivity contribution in [3.8, 4) is 17.2 Å². The van der Waals surface area contributed by atoms with E-state index in [-0.39, 0.29) is 0 Å². The lowest BCUT2D eigenvalue weighted by Gasteiger charge is -2.32. The summed E-state index contributed by atoms with van der Waals surface area (Å²) in [5, 5.41) is 4.30. The van der Waals surface area contributed by atoms with Gasteiger partial charge in [0.05, 0.1) is 20.8 Å². The Morgan fingerprint density at radius 2 is 1.86 bits per heavy atom. The van der Waals surface area contributed by atoms with E-state index in [1.807, 2.05) is 36.9 Å². The first-order valence-corrected chi connectivity index (χ1v) is 11.0. The fourth-order valence-corrected chi connectivity index (χ4v) is 5.10. The van der Waals surface area contributed by atoms with Gasteiger partial charge in [-0.15, -0.1) is 0 Å². The highest BCUT2D eigenvalue weighted by Crippen LogP contribution is 2.41. The third-order valence-electron chi connectivity index (χ3n) is 5.24. The number of thioether (sulfide) groups is 1. The molecule has 0 aliphatic carbocycles. The fraction of sp³-hybridized carbons (Fsp3) is 0.478. The van der Waals surface area contributed by atoms with Crippen LogP contribution in [0.5, 0.6) is 17.2 Å². The molecule has 1 heterocycles. The molecule has 2 unspecified atom stereocenters. The largest absolute Gasteiger partial charge is 0.497 e. The second-order valence-corrected chi connectivity index (χ2v) is 8.40. The summed E-state index contributed by atoms with van der Waals surface area (Å²) in [4.78, 5) is 0. The van der Waals surface area contributed by atoms with E-state index in [1.165, 1.54) is 17.5 Å². The van der Waals surface area contributed by atoms with Gasteiger partial charge in [0, 0.05) is 17.3 Å². The first-order chi connectivity index (χ1) is 13.6. The normalized spacial score (nSPS) is 20.4. The molecule has 4 nitrogen and oxygen atoms in total. The molecular weight excluding hydrogens is 370 g/mol. The maximum absolute atomic E-state index is 5.77. The van der Waals surface area contributed by atoms with E-state index >= 15 is 0 Å². The first kappa shape index (κ1) is 20.9. The smallest absolute Gasteiger partial charge is 0.161 e. The molecule has 1 aliphatic heterocycles. The molecule has 1 fully saturated rings. The summed E-state index contributed by atoms with van der Waals surface area (Å²) in [5.74, 6) is 3.70. The standard InChI is InChI=1S/C23H31NO3S/c1-5-27-22-14-18(8-11-21(22)26-4)23-15-19(12-13-28-23)24-16(2)17-6-9-20(25-3)10-7-17/h6-11,14,16,19,23-24H,5,12-13,15H2,1-4H3/t16-,19?,23?/m1/s1. The van der Waals surface area contributed by atoms with Crippen LogP contribution in [-0.4, -0.2) is 32.6 Å². The lowest BCUT2D eigenvalue weighted by Crippen LogP contribution is -2.35. The van der Waals surface area contributed by atoms with E-state index in [9.17, 15) is 0 Å². The molecule has 0 amide bonds. The molecular formula is C23H31NO3S. The molecule has 5 heteroatoms. The second-order valence-electron chi connectivity index (χ2n) is 7.09. The Morgan fingerprint density at radius 1 is 1.07 bits per heavy atom. The van der Waals surface area contributed by atoms with Crippen LogP contribution in [0, 0.1) is 0 Å². The van der Waals surface area contributed by atoms with E-state index in [2.05, 4.69) is 36.5 Å². The van der Waals surface area contributed by atoms with Gasteiger partial charge in [-0.25, -0.2) is 0 Å². The highest BCUT2D eigenvalue weighted by Gasteiger charge is 2.25. The van der Waals surface area contributed by atoms with E-state index in [0.717, 1.165) is 29.4 Å². The van der Waals surface area contributed by atoms with Crippen molar-refractivity contribution in [1.82, 2.24) is 5.32 Å². The van der Waals surface area contributed by atoms with E-state index in [4.69, 9.17) is 14.2 Å². The molecule has 152 valence electrons. The minimum absolute atomic E-state index is 0.314. The van der Waals surface area contributed by atoms with Crippen LogP contribution in [0.2, 0.25) is 0 Å². The van der Waals surface area contributed by atoms with Crippen molar-refractivity contribution in [2.24, 2.45) is 0 Å². The molecule has 0 aromatic heterocycles. The Balaban J connectivity index is 1.65. The lowest BCUT2D eigenvalue weighted by molar-refractivity contribution is 0.310. The van der Waals surface area contributed by atoms with E-state index in [0.29, 0.717) is 23.9 Å². The van der Waals surface area contributed by atoms with Crippen LogP contribution < -0.4 is 19.5 Å². The van der Waals surface area contributed by atoms with Crippen LogP contribution in [0.15, 0.2) is 42.5 Å². The highest BCUT2D eigenvalue weighted by atomic mass is 32.2. The summed E-state index contributed by atoms with van der Waals surface area (Å²) in [5.41, 5.74) is 2.61. The molecule has 3 rings (SSSR count). The maximum Gasteiger partial charge on any atom is 0.161 e. The summed E-state index contributed by atoms with van der Waals surface area (Å²) in [7, 11) is 3.39. The van der Waals surface area contributed by atoms with Crippen LogP contribution in [0.3, 0.4) is 0 Å². The summed E-state index contributed by atoms with van der Waals surface area (Å²) in [6.45, 7) is 4.88. The minimum Gasteiger partial charge on any atom is -0.497 e. The topological polar surface area (TPSA) is 39.7 Å². The Labute approximate surface area is 173 Å². The van der Waals surface area contributed by atoms with Crippen molar-refractivity contribution in [2.45, 2.75) is 44.0 Å². The molecule has 0 bridgehead atoms. The lowest BCUT2D eigenvalue weighted by atomic mass is 9.99. The Hall–Kier alpha value is -1.85. The molecule has 0 spiro atoms. The van der Waals surface area contributed by atoms with Gasteiger partial charge in [0.15, 0.2) is 11.5 Å². The number of benzene rings is 2. The van der Waals surface area contributed by atoms with Gasteiger partial charge in [0.25, 0.3) is 0 Å². The Kier molecular flexibility index (Phi) is 7.51. The van der Waals surface area contributed by atoms with E-state index < -0.39 is 0 Å². The second kappa shape index (κ2) is 10.1. The van der Waals surface area contributed by atoms with Crippen LogP contribution in [-0.2, 0) is 0 Å². The summed E-state index contributed by atoms with van der Waals surface area (Å²) < 4.78 is 16.5. The average Bonchev–Trinajstić information content (AvgIpc) is 2.74. The van der Waals surface area contributed by atoms with Crippen LogP contribution in [0.25, 0.3) is 0 Å². The fourth-order valence-electron chi connectivity index (χ4n) is 3.68. The molecule has 28 heavy (non-hydrogen) atoms. The summed E-state index contributed by atoms with van der Waals surface area (Å²) >= 11 is 2.04. The predicted octanol–water partition coefficient (Wildman–Crippen LogP) is 5.39. The van der Waals surface area contributed by atoms with Crippen molar-refractivity contribution in [1.29, 1.82) is 0 Å². The Bertz CT molecular complexity index is 750. The van der Waals surface area contributed by atoms with Gasteiger partial charge in [-0.1, -0.05) is 18.2 Å². The number of methoxy groups -OCH3 is 2. The third-order valence-corrected chi connectivity index (χ3v) is 6.58. The van der Waals surface area contributed by atoms with Gasteiger partial charge in [0.1, 0.15) is 5.75 Å². The molecule has 1 saturated heterocycles. The molecule has 2 aromatic rings. The average molecular weight is 402 g/mol. The zero-order valence-corrected chi connectivity index (χ0v) is 18.1. The van der Waals surface area contributed by atoms with Gasteiger partial charge >= 0.3 is 0 Å². The maximum atomic E-state index is 5.77. The van der Waals surface area contributed by atoms with Crippen molar-refractivity contribution < 1.29 is 14.2 Å². The number of rotatable bonds is 8. The summed E-state index contributed by atoms with van der Waals surface area (Å²) in [6.07, 6.45) is 2.30. The number of hydrogen-bond acceptors (Lipinski definition) is 5. The quantitative estimate of drug-likeness (QED) is 0.642. The van der Waals surface area contributed by atoms with Gasteiger partial charge in [-0.2, -0.15) is 11.8 Å². The third kappa shape index (κ3) is 5.15.